The molecule has 2 N–H and O–H groups in total. The van der Waals surface area contributed by atoms with E-state index in [1.54, 1.807) is 24.3 Å². The van der Waals surface area contributed by atoms with E-state index in [4.69, 9.17) is 19.9 Å². The first kappa shape index (κ1) is 12.7. The Bertz CT molecular complexity index is 404. The minimum absolute atomic E-state index is 0.0109. The number of rotatable bonds is 7. The summed E-state index contributed by atoms with van der Waals surface area (Å²) in [5, 5.41) is 0. The van der Waals surface area contributed by atoms with Gasteiger partial charge in [0.05, 0.1) is 12.3 Å². The van der Waals surface area contributed by atoms with Crippen molar-refractivity contribution in [1.82, 2.24) is 0 Å². The average molecular weight is 251 g/mol. The molecule has 0 aromatic heterocycles. The average Bonchev–Trinajstić information content (AvgIpc) is 3.18. The molecule has 1 saturated carbocycles. The summed E-state index contributed by atoms with van der Waals surface area (Å²) in [7, 11) is 0. The summed E-state index contributed by atoms with van der Waals surface area (Å²) in [6, 6.07) is 6.99. The molecule has 1 aliphatic carbocycles. The van der Waals surface area contributed by atoms with E-state index >= 15 is 0 Å². The SMILES string of the molecule is Nc1ccccc1OCC(=O)OCOCC1CC1. The van der Waals surface area contributed by atoms with Gasteiger partial charge in [0, 0.05) is 0 Å². The molecule has 0 amide bonds. The van der Waals surface area contributed by atoms with Crippen molar-refractivity contribution in [1.29, 1.82) is 0 Å². The summed E-state index contributed by atoms with van der Waals surface area (Å²) < 4.78 is 15.3. The molecule has 1 fully saturated rings. The number of ether oxygens (including phenoxy) is 3. The third-order valence-corrected chi connectivity index (χ3v) is 2.62. The molecule has 5 nitrogen and oxygen atoms in total. The molecular formula is C13H17NO4. The van der Waals surface area contributed by atoms with Crippen LogP contribution >= 0.6 is 0 Å². The largest absolute Gasteiger partial charge is 0.480 e. The number of anilines is 1. The maximum Gasteiger partial charge on any atom is 0.346 e. The lowest BCUT2D eigenvalue weighted by molar-refractivity contribution is -0.158. The Balaban J connectivity index is 1.60. The number of hydrogen-bond donors (Lipinski definition) is 1. The first-order chi connectivity index (χ1) is 8.75. The van der Waals surface area contributed by atoms with Crippen molar-refractivity contribution < 1.29 is 19.0 Å². The Morgan fingerprint density at radius 3 is 2.83 bits per heavy atom. The van der Waals surface area contributed by atoms with Gasteiger partial charge in [-0.2, -0.15) is 0 Å². The number of nitrogen functional groups attached to an aromatic ring is 1. The second-order valence-corrected chi connectivity index (χ2v) is 4.27. The monoisotopic (exact) mass is 251 g/mol. The second kappa shape index (κ2) is 6.26. The molecule has 1 aliphatic rings. The zero-order chi connectivity index (χ0) is 12.8. The van der Waals surface area contributed by atoms with Crippen molar-refractivity contribution >= 4 is 11.7 Å². The standard InChI is InChI=1S/C13H17NO4/c14-11-3-1-2-4-12(11)17-8-13(15)18-9-16-7-10-5-6-10/h1-4,10H,5-9,14H2. The highest BCUT2D eigenvalue weighted by Crippen LogP contribution is 2.28. The first-order valence-electron chi connectivity index (χ1n) is 5.96. The van der Waals surface area contributed by atoms with Gasteiger partial charge in [-0.1, -0.05) is 12.1 Å². The smallest absolute Gasteiger partial charge is 0.346 e. The van der Waals surface area contributed by atoms with Gasteiger partial charge in [-0.3, -0.25) is 0 Å². The van der Waals surface area contributed by atoms with Crippen LogP contribution in [0, 0.1) is 5.92 Å². The van der Waals surface area contributed by atoms with E-state index in [2.05, 4.69) is 0 Å². The molecule has 18 heavy (non-hydrogen) atoms. The maximum absolute atomic E-state index is 11.3. The van der Waals surface area contributed by atoms with Gasteiger partial charge in [0.15, 0.2) is 13.4 Å². The van der Waals surface area contributed by atoms with Crippen LogP contribution in [0.3, 0.4) is 0 Å². The molecule has 0 atom stereocenters. The molecule has 0 saturated heterocycles. The zero-order valence-electron chi connectivity index (χ0n) is 10.1. The van der Waals surface area contributed by atoms with Crippen molar-refractivity contribution in [2.45, 2.75) is 12.8 Å². The molecule has 0 unspecified atom stereocenters. The number of benzene rings is 1. The minimum atomic E-state index is -0.464. The van der Waals surface area contributed by atoms with Crippen LogP contribution in [-0.2, 0) is 14.3 Å². The Morgan fingerprint density at radius 1 is 1.33 bits per heavy atom. The Labute approximate surface area is 106 Å². The van der Waals surface area contributed by atoms with Crippen LogP contribution in [0.5, 0.6) is 5.75 Å². The van der Waals surface area contributed by atoms with Crippen LogP contribution in [0.25, 0.3) is 0 Å². The number of carbonyl (C=O) groups is 1. The molecule has 0 bridgehead atoms. The molecule has 1 aromatic rings. The fourth-order valence-corrected chi connectivity index (χ4v) is 1.40. The topological polar surface area (TPSA) is 70.8 Å². The number of esters is 1. The summed E-state index contributed by atoms with van der Waals surface area (Å²) in [6.45, 7) is 0.490. The molecule has 98 valence electrons. The molecule has 1 aromatic carbocycles. The highest BCUT2D eigenvalue weighted by atomic mass is 16.7. The number of nitrogens with two attached hydrogens (primary N) is 1. The van der Waals surface area contributed by atoms with E-state index in [0.29, 0.717) is 24.0 Å². The van der Waals surface area contributed by atoms with Gasteiger partial charge < -0.3 is 19.9 Å². The van der Waals surface area contributed by atoms with Crippen LogP contribution in [0.4, 0.5) is 5.69 Å². The van der Waals surface area contributed by atoms with Crippen LogP contribution in [0.1, 0.15) is 12.8 Å². The van der Waals surface area contributed by atoms with Gasteiger partial charge in [0.25, 0.3) is 0 Å². The predicted octanol–water partition coefficient (Wildman–Crippen LogP) is 1.57. The molecular weight excluding hydrogens is 234 g/mol. The van der Waals surface area contributed by atoms with Gasteiger partial charge in [0.1, 0.15) is 5.75 Å². The van der Waals surface area contributed by atoms with Crippen molar-refractivity contribution in [2.75, 3.05) is 25.7 Å². The first-order valence-corrected chi connectivity index (χ1v) is 5.96. The molecule has 0 radical (unpaired) electrons. The van der Waals surface area contributed by atoms with Crippen molar-refractivity contribution in [3.05, 3.63) is 24.3 Å². The van der Waals surface area contributed by atoms with Crippen LogP contribution in [0.15, 0.2) is 24.3 Å². The van der Waals surface area contributed by atoms with Crippen molar-refractivity contribution in [2.24, 2.45) is 5.92 Å². The molecule has 0 aliphatic heterocycles. The van der Waals surface area contributed by atoms with Crippen LogP contribution in [0.2, 0.25) is 0 Å². The van der Waals surface area contributed by atoms with E-state index in [1.807, 2.05) is 0 Å². The lowest BCUT2D eigenvalue weighted by Crippen LogP contribution is -2.17. The summed E-state index contributed by atoms with van der Waals surface area (Å²) in [5.74, 6) is 0.673. The Morgan fingerprint density at radius 2 is 2.11 bits per heavy atom. The van der Waals surface area contributed by atoms with E-state index in [1.165, 1.54) is 12.8 Å². The Kier molecular flexibility index (Phi) is 4.41. The fraction of sp³-hybridized carbons (Fsp3) is 0.462. The Hall–Kier alpha value is -1.75. The van der Waals surface area contributed by atoms with E-state index in [9.17, 15) is 4.79 Å². The summed E-state index contributed by atoms with van der Waals surface area (Å²) in [5.41, 5.74) is 6.16. The summed E-state index contributed by atoms with van der Waals surface area (Å²) >= 11 is 0. The molecule has 5 heteroatoms. The third-order valence-electron chi connectivity index (χ3n) is 2.62. The third kappa shape index (κ3) is 4.25. The van der Waals surface area contributed by atoms with Crippen LogP contribution < -0.4 is 10.5 Å². The highest BCUT2D eigenvalue weighted by Gasteiger charge is 2.21. The second-order valence-electron chi connectivity index (χ2n) is 4.27. The zero-order valence-corrected chi connectivity index (χ0v) is 10.1. The van der Waals surface area contributed by atoms with Crippen molar-refractivity contribution in [3.8, 4) is 5.75 Å². The highest BCUT2D eigenvalue weighted by molar-refractivity contribution is 5.71. The summed E-state index contributed by atoms with van der Waals surface area (Å²) in [6.07, 6.45) is 2.43. The fourth-order valence-electron chi connectivity index (χ4n) is 1.40. The van der Waals surface area contributed by atoms with Crippen molar-refractivity contribution in [3.63, 3.8) is 0 Å². The van der Waals surface area contributed by atoms with E-state index in [0.717, 1.165) is 0 Å². The van der Waals surface area contributed by atoms with E-state index in [-0.39, 0.29) is 13.4 Å². The predicted molar refractivity (Wildman–Crippen MR) is 66.0 cm³/mol. The molecule has 0 spiro atoms. The molecule has 0 heterocycles. The van der Waals surface area contributed by atoms with Crippen LogP contribution in [-0.4, -0.2) is 26.0 Å². The van der Waals surface area contributed by atoms with E-state index < -0.39 is 5.97 Å². The van der Waals surface area contributed by atoms with Gasteiger partial charge >= 0.3 is 5.97 Å². The minimum Gasteiger partial charge on any atom is -0.480 e. The van der Waals surface area contributed by atoms with Gasteiger partial charge in [0.2, 0.25) is 0 Å². The summed E-state index contributed by atoms with van der Waals surface area (Å²) in [4.78, 5) is 11.3. The lowest BCUT2D eigenvalue weighted by Gasteiger charge is -2.08. The lowest BCUT2D eigenvalue weighted by atomic mass is 10.3. The maximum atomic E-state index is 11.3. The molecule has 2 rings (SSSR count). The number of hydrogen-bond acceptors (Lipinski definition) is 5. The number of carbonyl (C=O) groups excluding carboxylic acids is 1. The quantitative estimate of drug-likeness (QED) is 0.345. The van der Waals surface area contributed by atoms with Gasteiger partial charge in [-0.25, -0.2) is 4.79 Å². The number of para-hydroxylation sites is 2. The van der Waals surface area contributed by atoms with Gasteiger partial charge in [-0.05, 0) is 30.9 Å². The normalized spacial score (nSPS) is 14.2. The van der Waals surface area contributed by atoms with Gasteiger partial charge in [-0.15, -0.1) is 0 Å².